The number of ether oxygens (including phenoxy) is 2. The fourth-order valence-electron chi connectivity index (χ4n) is 1.71. The normalized spacial score (nSPS) is 12.7. The molecule has 0 bridgehead atoms. The molecule has 102 valence electrons. The Kier molecular flexibility index (Phi) is 6.72. The summed E-state index contributed by atoms with van der Waals surface area (Å²) in [5.41, 5.74) is 1.08. The molecular weight excluding hydrogens is 230 g/mol. The lowest BCUT2D eigenvalue weighted by atomic mass is 10.2. The highest BCUT2D eigenvalue weighted by Crippen LogP contribution is 2.14. The molecular formula is C14H23NO3. The van der Waals surface area contributed by atoms with Crippen molar-refractivity contribution in [1.82, 2.24) is 5.32 Å². The second-order valence-corrected chi connectivity index (χ2v) is 4.59. The van der Waals surface area contributed by atoms with Gasteiger partial charge in [0.15, 0.2) is 0 Å². The summed E-state index contributed by atoms with van der Waals surface area (Å²) in [5, 5.41) is 12.5. The second-order valence-electron chi connectivity index (χ2n) is 4.59. The minimum Gasteiger partial charge on any atom is -0.492 e. The first kappa shape index (κ1) is 15.0. The maximum Gasteiger partial charge on any atom is 0.119 e. The Morgan fingerprint density at radius 1 is 1.33 bits per heavy atom. The molecule has 0 amide bonds. The lowest BCUT2D eigenvalue weighted by Gasteiger charge is -2.19. The highest BCUT2D eigenvalue weighted by Gasteiger charge is 2.09. The van der Waals surface area contributed by atoms with E-state index in [9.17, 15) is 5.11 Å². The molecule has 1 rings (SSSR count). The van der Waals surface area contributed by atoms with Crippen molar-refractivity contribution in [2.45, 2.75) is 32.5 Å². The van der Waals surface area contributed by atoms with Crippen LogP contribution in [0.15, 0.2) is 24.3 Å². The van der Waals surface area contributed by atoms with Gasteiger partial charge in [-0.2, -0.15) is 0 Å². The Bertz CT molecular complexity index is 342. The van der Waals surface area contributed by atoms with Crippen LogP contribution < -0.4 is 10.1 Å². The molecule has 0 fully saturated rings. The molecule has 0 spiro atoms. The van der Waals surface area contributed by atoms with Gasteiger partial charge in [0.25, 0.3) is 0 Å². The summed E-state index contributed by atoms with van der Waals surface area (Å²) in [5.74, 6) is 0.800. The van der Waals surface area contributed by atoms with E-state index in [-0.39, 0.29) is 12.6 Å². The van der Waals surface area contributed by atoms with Gasteiger partial charge in [0, 0.05) is 13.2 Å². The van der Waals surface area contributed by atoms with Gasteiger partial charge in [-0.05, 0) is 17.7 Å². The molecule has 0 aromatic heterocycles. The zero-order valence-corrected chi connectivity index (χ0v) is 11.3. The Morgan fingerprint density at radius 3 is 2.72 bits per heavy atom. The van der Waals surface area contributed by atoms with E-state index >= 15 is 0 Å². The maximum atomic E-state index is 9.23. The minimum atomic E-state index is -0.0453. The molecule has 4 heteroatoms. The third-order valence-corrected chi connectivity index (χ3v) is 2.45. The Labute approximate surface area is 109 Å². The molecule has 0 aliphatic rings. The molecule has 18 heavy (non-hydrogen) atoms. The summed E-state index contributed by atoms with van der Waals surface area (Å²) in [6, 6.07) is 8.07. The first-order chi connectivity index (χ1) is 8.65. The molecule has 0 saturated heterocycles. The molecule has 2 N–H and O–H groups in total. The van der Waals surface area contributed by atoms with Gasteiger partial charge in [0.05, 0.1) is 19.3 Å². The fraction of sp³-hybridized carbons (Fsp3) is 0.571. The van der Waals surface area contributed by atoms with E-state index in [1.54, 1.807) is 7.11 Å². The van der Waals surface area contributed by atoms with Crippen molar-refractivity contribution in [3.05, 3.63) is 29.8 Å². The fourth-order valence-corrected chi connectivity index (χ4v) is 1.71. The number of hydrogen-bond donors (Lipinski definition) is 2. The van der Waals surface area contributed by atoms with Crippen LogP contribution in [0, 0.1) is 0 Å². The number of nitrogens with one attached hydrogen (secondary N) is 1. The van der Waals surface area contributed by atoms with Gasteiger partial charge in [-0.3, -0.25) is 0 Å². The number of methoxy groups -OCH3 is 1. The van der Waals surface area contributed by atoms with E-state index < -0.39 is 0 Å². The number of rotatable bonds is 8. The van der Waals surface area contributed by atoms with Crippen LogP contribution in [-0.4, -0.2) is 37.5 Å². The summed E-state index contributed by atoms with van der Waals surface area (Å²) >= 11 is 0. The van der Waals surface area contributed by atoms with E-state index in [0.717, 1.165) is 11.3 Å². The lowest BCUT2D eigenvalue weighted by Crippen LogP contribution is -2.41. The first-order valence-corrected chi connectivity index (χ1v) is 6.23. The van der Waals surface area contributed by atoms with Crippen molar-refractivity contribution in [2.75, 3.05) is 20.3 Å². The van der Waals surface area contributed by atoms with Gasteiger partial charge in [-0.1, -0.05) is 26.0 Å². The second kappa shape index (κ2) is 8.08. The molecule has 4 nitrogen and oxygen atoms in total. The summed E-state index contributed by atoms with van der Waals surface area (Å²) in [4.78, 5) is 0. The van der Waals surface area contributed by atoms with Gasteiger partial charge in [0.2, 0.25) is 0 Å². The Morgan fingerprint density at radius 2 is 2.11 bits per heavy atom. The first-order valence-electron chi connectivity index (χ1n) is 6.23. The average Bonchev–Trinajstić information content (AvgIpc) is 2.35. The van der Waals surface area contributed by atoms with Crippen LogP contribution in [0.25, 0.3) is 0 Å². The SMILES string of the molecule is COCc1cccc(OCC(CO)NC(C)C)c1. The van der Waals surface area contributed by atoms with Crippen LogP contribution in [0.1, 0.15) is 19.4 Å². The minimum absolute atomic E-state index is 0.0453. The highest BCUT2D eigenvalue weighted by molar-refractivity contribution is 5.28. The molecule has 0 saturated carbocycles. The number of hydrogen-bond acceptors (Lipinski definition) is 4. The summed E-state index contributed by atoms with van der Waals surface area (Å²) in [6.07, 6.45) is 0. The predicted molar refractivity (Wildman–Crippen MR) is 71.8 cm³/mol. The molecule has 1 unspecified atom stereocenters. The van der Waals surface area contributed by atoms with Crippen molar-refractivity contribution < 1.29 is 14.6 Å². The maximum absolute atomic E-state index is 9.23. The zero-order valence-electron chi connectivity index (χ0n) is 11.3. The smallest absolute Gasteiger partial charge is 0.119 e. The summed E-state index contributed by atoms with van der Waals surface area (Å²) in [6.45, 7) is 5.18. The third-order valence-electron chi connectivity index (χ3n) is 2.45. The quantitative estimate of drug-likeness (QED) is 0.738. The van der Waals surface area contributed by atoms with E-state index in [1.807, 2.05) is 38.1 Å². The van der Waals surface area contributed by atoms with Crippen LogP contribution in [0.2, 0.25) is 0 Å². The lowest BCUT2D eigenvalue weighted by molar-refractivity contribution is 0.174. The van der Waals surface area contributed by atoms with Crippen LogP contribution in [0.5, 0.6) is 5.75 Å². The zero-order chi connectivity index (χ0) is 13.4. The van der Waals surface area contributed by atoms with Crippen molar-refractivity contribution in [1.29, 1.82) is 0 Å². The van der Waals surface area contributed by atoms with Crippen molar-refractivity contribution in [3.8, 4) is 5.75 Å². The third kappa shape index (κ3) is 5.49. The van der Waals surface area contributed by atoms with Gasteiger partial charge in [0.1, 0.15) is 12.4 Å². The van der Waals surface area contributed by atoms with Gasteiger partial charge >= 0.3 is 0 Å². The van der Waals surface area contributed by atoms with Gasteiger partial charge in [-0.25, -0.2) is 0 Å². The molecule has 1 atom stereocenters. The molecule has 0 aliphatic heterocycles. The molecule has 0 heterocycles. The topological polar surface area (TPSA) is 50.7 Å². The number of benzene rings is 1. The molecule has 0 aliphatic carbocycles. The van der Waals surface area contributed by atoms with Crippen LogP contribution >= 0.6 is 0 Å². The van der Waals surface area contributed by atoms with Crippen molar-refractivity contribution in [2.24, 2.45) is 0 Å². The van der Waals surface area contributed by atoms with Gasteiger partial charge in [-0.15, -0.1) is 0 Å². The Hall–Kier alpha value is -1.10. The standard InChI is InChI=1S/C14H23NO3/c1-11(2)15-13(8-16)10-18-14-6-4-5-12(7-14)9-17-3/h4-7,11,13,15-16H,8-10H2,1-3H3. The van der Waals surface area contributed by atoms with Crippen molar-refractivity contribution >= 4 is 0 Å². The summed E-state index contributed by atoms with van der Waals surface area (Å²) < 4.78 is 10.7. The highest BCUT2D eigenvalue weighted by atomic mass is 16.5. The van der Waals surface area contributed by atoms with Crippen LogP contribution in [0.4, 0.5) is 0 Å². The molecule has 1 aromatic rings. The number of aliphatic hydroxyl groups excluding tert-OH is 1. The van der Waals surface area contributed by atoms with Gasteiger partial charge < -0.3 is 19.9 Å². The average molecular weight is 253 g/mol. The molecule has 1 aromatic carbocycles. The van der Waals surface area contributed by atoms with Crippen molar-refractivity contribution in [3.63, 3.8) is 0 Å². The van der Waals surface area contributed by atoms with E-state index in [2.05, 4.69) is 5.32 Å². The van der Waals surface area contributed by atoms with E-state index in [1.165, 1.54) is 0 Å². The van der Waals surface area contributed by atoms with E-state index in [4.69, 9.17) is 9.47 Å². The largest absolute Gasteiger partial charge is 0.492 e. The van der Waals surface area contributed by atoms with Crippen LogP contribution in [0.3, 0.4) is 0 Å². The number of aliphatic hydroxyl groups is 1. The molecule has 0 radical (unpaired) electrons. The Balaban J connectivity index is 2.48. The van der Waals surface area contributed by atoms with E-state index in [0.29, 0.717) is 19.3 Å². The summed E-state index contributed by atoms with van der Waals surface area (Å²) in [7, 11) is 1.67. The monoisotopic (exact) mass is 253 g/mol. The van der Waals surface area contributed by atoms with Crippen LogP contribution in [-0.2, 0) is 11.3 Å². The predicted octanol–water partition coefficient (Wildman–Crippen LogP) is 1.57.